The van der Waals surface area contributed by atoms with Gasteiger partial charge in [0.15, 0.2) is 0 Å². The number of carbonyl (C=O) groups excluding carboxylic acids is 1. The molecule has 0 amide bonds. The lowest BCUT2D eigenvalue weighted by Gasteiger charge is -2.28. The highest BCUT2D eigenvalue weighted by atomic mass is 16.6. The number of benzene rings is 2. The molecule has 4 rings (SSSR count). The van der Waals surface area contributed by atoms with E-state index in [1.807, 2.05) is 61.5 Å². The van der Waals surface area contributed by atoms with Gasteiger partial charge >= 0.3 is 5.97 Å². The molecular formula is C30H35NO5. The number of rotatable bonds is 11. The number of hydrogen-bond acceptors (Lipinski definition) is 6. The highest BCUT2D eigenvalue weighted by molar-refractivity contribution is 5.80. The molecule has 0 fully saturated rings. The molecule has 0 bridgehead atoms. The number of oxazole rings is 1. The largest absolute Gasteiger partial charge is 0.493 e. The number of aromatic nitrogens is 1. The highest BCUT2D eigenvalue weighted by Crippen LogP contribution is 2.28. The molecule has 0 aliphatic heterocycles. The van der Waals surface area contributed by atoms with Gasteiger partial charge in [0.1, 0.15) is 17.3 Å². The molecule has 1 atom stereocenters. The van der Waals surface area contributed by atoms with Crippen LogP contribution in [0, 0.1) is 6.92 Å². The van der Waals surface area contributed by atoms with Gasteiger partial charge < -0.3 is 18.6 Å². The number of nitrogens with zero attached hydrogens (tertiary/aromatic N) is 1. The Balaban J connectivity index is 1.35. The Hall–Kier alpha value is -3.54. The summed E-state index contributed by atoms with van der Waals surface area (Å²) >= 11 is 0. The van der Waals surface area contributed by atoms with E-state index < -0.39 is 5.60 Å². The first kappa shape index (κ1) is 25.5. The smallest absolute Gasteiger partial charge is 0.350 e. The molecule has 3 aromatic rings. The van der Waals surface area contributed by atoms with Crippen LogP contribution in [0.4, 0.5) is 0 Å². The molecular weight excluding hydrogens is 454 g/mol. The minimum Gasteiger partial charge on any atom is -0.493 e. The second-order valence-corrected chi connectivity index (χ2v) is 9.28. The lowest BCUT2D eigenvalue weighted by atomic mass is 9.96. The monoisotopic (exact) mass is 489 g/mol. The molecule has 0 radical (unpaired) electrons. The molecule has 0 saturated carbocycles. The summed E-state index contributed by atoms with van der Waals surface area (Å²) in [4.78, 5) is 17.5. The van der Waals surface area contributed by atoms with Crippen molar-refractivity contribution in [2.24, 2.45) is 0 Å². The zero-order valence-corrected chi connectivity index (χ0v) is 21.4. The number of aryl methyl sites for hydroxylation is 1. The average molecular weight is 490 g/mol. The molecule has 1 aromatic heterocycles. The van der Waals surface area contributed by atoms with Crippen LogP contribution in [-0.2, 0) is 22.4 Å². The van der Waals surface area contributed by atoms with Crippen molar-refractivity contribution < 1.29 is 23.4 Å². The van der Waals surface area contributed by atoms with Crippen LogP contribution in [0.3, 0.4) is 0 Å². The minimum atomic E-state index is -1.14. The van der Waals surface area contributed by atoms with E-state index in [4.69, 9.17) is 23.6 Å². The van der Waals surface area contributed by atoms with E-state index in [0.717, 1.165) is 41.5 Å². The Bertz CT molecular complexity index is 1170. The molecule has 0 N–H and O–H groups in total. The molecule has 1 unspecified atom stereocenters. The molecule has 6 nitrogen and oxygen atoms in total. The number of ether oxygens (including phenoxy) is 3. The SMILES string of the molecule is CCOC(=O)C(C)(Cc1ccc(OCCc2nc(C3=CCCCC3)oc2C)cc1)Oc1ccccc1. The lowest BCUT2D eigenvalue weighted by molar-refractivity contribution is -0.160. The second-order valence-electron chi connectivity index (χ2n) is 9.28. The molecule has 1 heterocycles. The zero-order chi connectivity index (χ0) is 25.4. The second kappa shape index (κ2) is 11.9. The van der Waals surface area contributed by atoms with E-state index >= 15 is 0 Å². The first-order valence-electron chi connectivity index (χ1n) is 12.8. The summed E-state index contributed by atoms with van der Waals surface area (Å²) in [6.07, 6.45) is 7.86. The van der Waals surface area contributed by atoms with Crippen molar-refractivity contribution in [1.82, 2.24) is 4.98 Å². The van der Waals surface area contributed by atoms with Crippen LogP contribution < -0.4 is 9.47 Å². The average Bonchev–Trinajstić information content (AvgIpc) is 3.26. The van der Waals surface area contributed by atoms with Crippen molar-refractivity contribution in [3.8, 4) is 11.5 Å². The van der Waals surface area contributed by atoms with Crippen molar-refractivity contribution in [1.29, 1.82) is 0 Å². The molecule has 0 spiro atoms. The van der Waals surface area contributed by atoms with Gasteiger partial charge in [-0.2, -0.15) is 0 Å². The van der Waals surface area contributed by atoms with E-state index in [0.29, 0.717) is 31.8 Å². The fourth-order valence-electron chi connectivity index (χ4n) is 4.37. The van der Waals surface area contributed by atoms with Gasteiger partial charge in [-0.15, -0.1) is 0 Å². The van der Waals surface area contributed by atoms with Crippen LogP contribution in [0.2, 0.25) is 0 Å². The van der Waals surface area contributed by atoms with Gasteiger partial charge in [-0.1, -0.05) is 36.4 Å². The van der Waals surface area contributed by atoms with Gasteiger partial charge in [-0.3, -0.25) is 0 Å². The van der Waals surface area contributed by atoms with Crippen molar-refractivity contribution in [3.63, 3.8) is 0 Å². The Kier molecular flexibility index (Phi) is 8.47. The Morgan fingerprint density at radius 1 is 1.06 bits per heavy atom. The predicted molar refractivity (Wildman–Crippen MR) is 139 cm³/mol. The Labute approximate surface area is 213 Å². The summed E-state index contributed by atoms with van der Waals surface area (Å²) < 4.78 is 23.3. The minimum absolute atomic E-state index is 0.295. The third-order valence-electron chi connectivity index (χ3n) is 6.32. The number of esters is 1. The van der Waals surface area contributed by atoms with Gasteiger partial charge in [-0.05, 0) is 76.3 Å². The van der Waals surface area contributed by atoms with Crippen LogP contribution >= 0.6 is 0 Å². The van der Waals surface area contributed by atoms with E-state index in [9.17, 15) is 4.79 Å². The van der Waals surface area contributed by atoms with E-state index in [2.05, 4.69) is 6.08 Å². The number of allylic oxidation sites excluding steroid dienone is 2. The molecule has 1 aliphatic rings. The number of para-hydroxylation sites is 1. The summed E-state index contributed by atoms with van der Waals surface area (Å²) in [5.74, 6) is 2.61. The Morgan fingerprint density at radius 2 is 1.83 bits per heavy atom. The summed E-state index contributed by atoms with van der Waals surface area (Å²) in [5.41, 5.74) is 1.97. The van der Waals surface area contributed by atoms with Gasteiger partial charge in [0, 0.05) is 18.4 Å². The quantitative estimate of drug-likeness (QED) is 0.286. The first-order chi connectivity index (χ1) is 17.5. The summed E-state index contributed by atoms with van der Waals surface area (Å²) in [7, 11) is 0. The molecule has 0 saturated heterocycles. The van der Waals surface area contributed by atoms with Crippen LogP contribution in [0.25, 0.3) is 5.57 Å². The van der Waals surface area contributed by atoms with E-state index in [-0.39, 0.29) is 5.97 Å². The fraction of sp³-hybridized carbons (Fsp3) is 0.400. The van der Waals surface area contributed by atoms with Gasteiger partial charge in [0.2, 0.25) is 11.5 Å². The number of hydrogen-bond donors (Lipinski definition) is 0. The third-order valence-corrected chi connectivity index (χ3v) is 6.32. The van der Waals surface area contributed by atoms with E-state index in [1.165, 1.54) is 18.4 Å². The van der Waals surface area contributed by atoms with Crippen LogP contribution in [0.15, 0.2) is 65.1 Å². The predicted octanol–water partition coefficient (Wildman–Crippen LogP) is 6.51. The topological polar surface area (TPSA) is 70.8 Å². The standard InChI is InChI=1S/C30H35NO5/c1-4-33-29(32)30(3,36-26-13-9-6-10-14-26)21-23-15-17-25(18-16-23)34-20-19-27-22(2)35-28(31-27)24-11-7-5-8-12-24/h6,9-11,13-18H,4-5,7-8,12,19-21H2,1-3H3. The molecule has 2 aromatic carbocycles. The molecule has 1 aliphatic carbocycles. The van der Waals surface area contributed by atoms with E-state index in [1.54, 1.807) is 13.8 Å². The highest BCUT2D eigenvalue weighted by Gasteiger charge is 2.37. The maximum atomic E-state index is 12.8. The van der Waals surface area contributed by atoms with Crippen LogP contribution in [0.5, 0.6) is 11.5 Å². The van der Waals surface area contributed by atoms with Gasteiger partial charge in [0.25, 0.3) is 0 Å². The fourth-order valence-corrected chi connectivity index (χ4v) is 4.37. The zero-order valence-electron chi connectivity index (χ0n) is 21.4. The van der Waals surface area contributed by atoms with Crippen LogP contribution in [-0.4, -0.2) is 29.8 Å². The van der Waals surface area contributed by atoms with Crippen LogP contribution in [0.1, 0.15) is 62.4 Å². The molecule has 6 heteroatoms. The van der Waals surface area contributed by atoms with Crippen molar-refractivity contribution in [3.05, 3.63) is 83.6 Å². The van der Waals surface area contributed by atoms with Crippen molar-refractivity contribution >= 4 is 11.5 Å². The Morgan fingerprint density at radius 3 is 2.53 bits per heavy atom. The number of carbonyl (C=O) groups is 1. The third kappa shape index (κ3) is 6.56. The summed E-state index contributed by atoms with van der Waals surface area (Å²) in [6.45, 7) is 6.32. The maximum absolute atomic E-state index is 12.8. The van der Waals surface area contributed by atoms with Crippen molar-refractivity contribution in [2.45, 2.75) is 64.9 Å². The normalized spacial score (nSPS) is 15.0. The molecule has 36 heavy (non-hydrogen) atoms. The van der Waals surface area contributed by atoms with Crippen molar-refractivity contribution in [2.75, 3.05) is 13.2 Å². The van der Waals surface area contributed by atoms with Gasteiger partial charge in [-0.25, -0.2) is 9.78 Å². The van der Waals surface area contributed by atoms with Gasteiger partial charge in [0.05, 0.1) is 18.9 Å². The maximum Gasteiger partial charge on any atom is 0.350 e. The first-order valence-corrected chi connectivity index (χ1v) is 12.8. The summed E-state index contributed by atoms with van der Waals surface area (Å²) in [5, 5.41) is 0. The molecule has 190 valence electrons. The lowest BCUT2D eigenvalue weighted by Crippen LogP contribution is -2.45. The summed E-state index contributed by atoms with van der Waals surface area (Å²) in [6, 6.07) is 17.1.